The number of anilines is 1. The molecule has 1 saturated heterocycles. The second-order valence-electron chi connectivity index (χ2n) is 8.28. The van der Waals surface area contributed by atoms with Gasteiger partial charge in [-0.05, 0) is 46.8 Å². The molecule has 1 atom stereocenters. The molecule has 3 rings (SSSR count). The minimum Gasteiger partial charge on any atom is -0.466 e. The highest BCUT2D eigenvalue weighted by Crippen LogP contribution is 2.24. The molecule has 1 aliphatic rings. The number of aromatic nitrogens is 2. The van der Waals surface area contributed by atoms with E-state index in [1.807, 2.05) is 56.5 Å². The second kappa shape index (κ2) is 8.31. The number of amides is 1. The van der Waals surface area contributed by atoms with Crippen molar-refractivity contribution in [2.75, 3.05) is 31.1 Å². The van der Waals surface area contributed by atoms with Gasteiger partial charge in [-0.2, -0.15) is 0 Å². The Balaban J connectivity index is 1.85. The summed E-state index contributed by atoms with van der Waals surface area (Å²) in [7, 11) is 0. The molecular formula is C21H30N4O4. The summed E-state index contributed by atoms with van der Waals surface area (Å²) in [5, 5.41) is 0. The normalized spacial score (nSPS) is 17.5. The summed E-state index contributed by atoms with van der Waals surface area (Å²) in [6, 6.07) is 5.62. The van der Waals surface area contributed by atoms with Crippen molar-refractivity contribution in [1.29, 1.82) is 0 Å². The number of hydrogen-bond acceptors (Lipinski definition) is 6. The van der Waals surface area contributed by atoms with Gasteiger partial charge in [-0.1, -0.05) is 6.07 Å². The number of imidazole rings is 1. The lowest BCUT2D eigenvalue weighted by molar-refractivity contribution is -0.144. The van der Waals surface area contributed by atoms with Gasteiger partial charge in [0, 0.05) is 25.8 Å². The number of hydrogen-bond donors (Lipinski definition) is 0. The van der Waals surface area contributed by atoms with Gasteiger partial charge in [0.15, 0.2) is 0 Å². The maximum atomic E-state index is 12.7. The Kier molecular flexibility index (Phi) is 6.00. The summed E-state index contributed by atoms with van der Waals surface area (Å²) in [5.74, 6) is 0.672. The molecule has 0 saturated carbocycles. The number of carbonyl (C=O) groups is 2. The van der Waals surface area contributed by atoms with Crippen molar-refractivity contribution in [2.24, 2.45) is 0 Å². The van der Waals surface area contributed by atoms with Crippen LogP contribution in [0.15, 0.2) is 24.4 Å². The number of esters is 1. The fourth-order valence-corrected chi connectivity index (χ4v) is 3.59. The zero-order chi connectivity index (χ0) is 21.2. The maximum Gasteiger partial charge on any atom is 0.410 e. The molecule has 0 aliphatic carbocycles. The second-order valence-corrected chi connectivity index (χ2v) is 8.28. The molecule has 2 aromatic rings. The van der Waals surface area contributed by atoms with Crippen LogP contribution in [0.25, 0.3) is 5.65 Å². The minimum absolute atomic E-state index is 0.127. The van der Waals surface area contributed by atoms with Gasteiger partial charge in [-0.15, -0.1) is 0 Å². The van der Waals surface area contributed by atoms with Crippen LogP contribution in [0.3, 0.4) is 0 Å². The first-order chi connectivity index (χ1) is 13.7. The molecule has 8 nitrogen and oxygen atoms in total. The van der Waals surface area contributed by atoms with Crippen LogP contribution in [0.4, 0.5) is 10.6 Å². The van der Waals surface area contributed by atoms with Crippen molar-refractivity contribution < 1.29 is 19.1 Å². The van der Waals surface area contributed by atoms with E-state index in [0.29, 0.717) is 26.2 Å². The molecule has 0 radical (unpaired) electrons. The summed E-state index contributed by atoms with van der Waals surface area (Å²) in [5.41, 5.74) is 1.22. The smallest absolute Gasteiger partial charge is 0.410 e. The number of pyridine rings is 1. The van der Waals surface area contributed by atoms with Crippen LogP contribution in [0.1, 0.15) is 39.8 Å². The third-order valence-electron chi connectivity index (χ3n) is 4.73. The molecule has 2 aromatic heterocycles. The van der Waals surface area contributed by atoms with Crippen molar-refractivity contribution in [3.63, 3.8) is 0 Å². The predicted molar refractivity (Wildman–Crippen MR) is 110 cm³/mol. The molecule has 158 valence electrons. The highest BCUT2D eigenvalue weighted by molar-refractivity contribution is 5.74. The van der Waals surface area contributed by atoms with Gasteiger partial charge >= 0.3 is 12.1 Å². The topological polar surface area (TPSA) is 76.4 Å². The molecule has 0 N–H and O–H groups in total. The number of rotatable bonds is 4. The molecule has 0 spiro atoms. The largest absolute Gasteiger partial charge is 0.466 e. The molecule has 0 aromatic carbocycles. The summed E-state index contributed by atoms with van der Waals surface area (Å²) in [6.45, 7) is 11.2. The Morgan fingerprint density at radius 2 is 2.00 bits per heavy atom. The van der Waals surface area contributed by atoms with Crippen LogP contribution in [0, 0.1) is 6.92 Å². The van der Waals surface area contributed by atoms with E-state index in [1.165, 1.54) is 0 Å². The van der Waals surface area contributed by atoms with Crippen LogP contribution in [0.5, 0.6) is 0 Å². The Bertz CT molecular complexity index is 886. The van der Waals surface area contributed by atoms with Crippen molar-refractivity contribution in [3.8, 4) is 0 Å². The van der Waals surface area contributed by atoms with E-state index in [0.717, 1.165) is 17.2 Å². The van der Waals surface area contributed by atoms with Crippen LogP contribution >= 0.6 is 0 Å². The van der Waals surface area contributed by atoms with Crippen LogP contribution in [-0.4, -0.2) is 64.2 Å². The van der Waals surface area contributed by atoms with E-state index in [-0.39, 0.29) is 18.4 Å². The summed E-state index contributed by atoms with van der Waals surface area (Å²) < 4.78 is 12.7. The molecule has 29 heavy (non-hydrogen) atoms. The van der Waals surface area contributed by atoms with Gasteiger partial charge in [0.1, 0.15) is 17.1 Å². The number of nitrogens with zero attached hydrogens (tertiary/aromatic N) is 4. The minimum atomic E-state index is -0.595. The van der Waals surface area contributed by atoms with Crippen molar-refractivity contribution in [3.05, 3.63) is 30.1 Å². The van der Waals surface area contributed by atoms with Crippen LogP contribution in [0.2, 0.25) is 0 Å². The Hall–Kier alpha value is -2.77. The fraction of sp³-hybridized carbons (Fsp3) is 0.571. The first-order valence-corrected chi connectivity index (χ1v) is 10.0. The summed E-state index contributed by atoms with van der Waals surface area (Å²) >= 11 is 0. The van der Waals surface area contributed by atoms with E-state index in [4.69, 9.17) is 9.47 Å². The Morgan fingerprint density at radius 3 is 2.69 bits per heavy atom. The lowest BCUT2D eigenvalue weighted by atomic mass is 10.1. The molecule has 1 unspecified atom stereocenters. The molecule has 1 fully saturated rings. The Morgan fingerprint density at radius 1 is 1.24 bits per heavy atom. The molecule has 1 aliphatic heterocycles. The van der Waals surface area contributed by atoms with Crippen LogP contribution < -0.4 is 4.90 Å². The molecule has 1 amide bonds. The highest BCUT2D eigenvalue weighted by atomic mass is 16.6. The number of fused-ring (bicyclic) bond motifs is 1. The van der Waals surface area contributed by atoms with Crippen LogP contribution in [-0.2, 0) is 14.3 Å². The number of aryl methyl sites for hydroxylation is 1. The van der Waals surface area contributed by atoms with E-state index in [2.05, 4.69) is 9.88 Å². The standard InChI is InChI=1S/C21H30N4O4/c1-6-28-19(26)12-16-14-23(10-11-24(16)20(27)29-21(3,4)5)18-9-7-8-17-22-15(2)13-25(17)18/h7-9,13,16H,6,10-12,14H2,1-5H3. The SMILES string of the molecule is CCOC(=O)CC1CN(c2cccc3nc(C)cn23)CCN1C(=O)OC(C)(C)C. The highest BCUT2D eigenvalue weighted by Gasteiger charge is 2.35. The van der Waals surface area contributed by atoms with Crippen molar-refractivity contribution in [1.82, 2.24) is 14.3 Å². The summed E-state index contributed by atoms with van der Waals surface area (Å²) in [6.07, 6.45) is 1.72. The Labute approximate surface area is 171 Å². The van der Waals surface area contributed by atoms with Gasteiger partial charge in [0.05, 0.1) is 24.8 Å². The number of carbonyl (C=O) groups excluding carboxylic acids is 2. The zero-order valence-electron chi connectivity index (χ0n) is 17.8. The molecule has 8 heteroatoms. The quantitative estimate of drug-likeness (QED) is 0.732. The van der Waals surface area contributed by atoms with Gasteiger partial charge in [0.2, 0.25) is 0 Å². The number of piperazine rings is 1. The average Bonchev–Trinajstić information content (AvgIpc) is 3.00. The first kappa shape index (κ1) is 21.0. The van der Waals surface area contributed by atoms with E-state index in [1.54, 1.807) is 11.8 Å². The number of ether oxygens (including phenoxy) is 2. The van der Waals surface area contributed by atoms with Gasteiger partial charge in [0.25, 0.3) is 0 Å². The van der Waals surface area contributed by atoms with Crippen molar-refractivity contribution in [2.45, 2.75) is 52.7 Å². The molecule has 0 bridgehead atoms. The van der Waals surface area contributed by atoms with Gasteiger partial charge < -0.3 is 19.3 Å². The van der Waals surface area contributed by atoms with Gasteiger partial charge in [-0.25, -0.2) is 9.78 Å². The fourth-order valence-electron chi connectivity index (χ4n) is 3.59. The third-order valence-corrected chi connectivity index (χ3v) is 4.73. The maximum absolute atomic E-state index is 12.7. The summed E-state index contributed by atoms with van der Waals surface area (Å²) in [4.78, 5) is 33.3. The lowest BCUT2D eigenvalue weighted by Crippen LogP contribution is -2.57. The van der Waals surface area contributed by atoms with E-state index < -0.39 is 11.7 Å². The van der Waals surface area contributed by atoms with Crippen molar-refractivity contribution >= 4 is 23.5 Å². The average molecular weight is 402 g/mol. The van der Waals surface area contributed by atoms with E-state index >= 15 is 0 Å². The van der Waals surface area contributed by atoms with Gasteiger partial charge in [-0.3, -0.25) is 9.20 Å². The lowest BCUT2D eigenvalue weighted by Gasteiger charge is -2.42. The predicted octanol–water partition coefficient (Wildman–Crippen LogP) is 3.02. The first-order valence-electron chi connectivity index (χ1n) is 10.0. The third kappa shape index (κ3) is 4.99. The molecule has 3 heterocycles. The zero-order valence-corrected chi connectivity index (χ0v) is 17.8. The monoisotopic (exact) mass is 402 g/mol. The molecular weight excluding hydrogens is 372 g/mol. The van der Waals surface area contributed by atoms with E-state index in [9.17, 15) is 9.59 Å².